The van der Waals surface area contributed by atoms with Crippen molar-refractivity contribution in [1.29, 1.82) is 0 Å². The van der Waals surface area contributed by atoms with Crippen LogP contribution in [0.1, 0.15) is 72.4 Å². The Hall–Kier alpha value is -2.86. The van der Waals surface area contributed by atoms with E-state index in [-0.39, 0.29) is 0 Å². The van der Waals surface area contributed by atoms with Gasteiger partial charge >= 0.3 is 7.60 Å². The van der Waals surface area contributed by atoms with Gasteiger partial charge in [-0.2, -0.15) is 0 Å². The lowest BCUT2D eigenvalue weighted by Crippen LogP contribution is -2.39. The zero-order valence-electron chi connectivity index (χ0n) is 24.5. The van der Waals surface area contributed by atoms with Gasteiger partial charge in [0, 0.05) is 11.9 Å². The van der Waals surface area contributed by atoms with Gasteiger partial charge in [-0.1, -0.05) is 42.5 Å². The monoisotopic (exact) mass is 552 g/mol. The van der Waals surface area contributed by atoms with Crippen LogP contribution >= 0.6 is 7.60 Å². The lowest BCUT2D eigenvalue weighted by atomic mass is 10.1. The molecule has 1 aliphatic rings. The number of fused-ring (bicyclic) bond motifs is 1. The van der Waals surface area contributed by atoms with Crippen molar-refractivity contribution in [2.75, 3.05) is 11.9 Å². The lowest BCUT2D eigenvalue weighted by Gasteiger charge is -2.39. The Balaban J connectivity index is 1.84. The van der Waals surface area contributed by atoms with Gasteiger partial charge in [-0.05, 0) is 85.6 Å². The number of hydrogen-bond donors (Lipinski definition) is 1. The Kier molecular flexibility index (Phi) is 7.92. The van der Waals surface area contributed by atoms with Crippen LogP contribution in [-0.2, 0) is 13.6 Å². The Labute approximate surface area is 232 Å². The Morgan fingerprint density at radius 3 is 2.03 bits per heavy atom. The normalized spacial score (nSPS) is 16.0. The Morgan fingerprint density at radius 1 is 0.897 bits per heavy atom. The minimum absolute atomic E-state index is 0.333. The topological polar surface area (TPSA) is 78.9 Å². The molecule has 1 atom stereocenters. The largest absolute Gasteiger partial charge is 0.485 e. The van der Waals surface area contributed by atoms with Gasteiger partial charge in [-0.25, -0.2) is 0 Å². The third-order valence-electron chi connectivity index (χ3n) is 5.85. The summed E-state index contributed by atoms with van der Waals surface area (Å²) in [4.78, 5) is 4.60. The molecule has 4 rings (SSSR count). The fraction of sp³-hybridized carbons (Fsp3) is 0.452. The minimum Gasteiger partial charge on any atom is -0.485 e. The molecule has 0 saturated carbocycles. The Morgan fingerprint density at radius 2 is 1.46 bits per heavy atom. The SMILES string of the molecule is Cc1ncc(C(Nc2ccc(-c3ccccc3)cc2)P(=O)(OC(C)(C)C)OC(C)(C)C)c2c1OC(C)(C)CO2. The van der Waals surface area contributed by atoms with Crippen molar-refractivity contribution >= 4 is 13.3 Å². The second-order valence-corrected chi connectivity index (χ2v) is 14.5. The van der Waals surface area contributed by atoms with E-state index in [9.17, 15) is 4.57 Å². The van der Waals surface area contributed by atoms with E-state index in [0.29, 0.717) is 29.4 Å². The number of aromatic nitrogens is 1. The van der Waals surface area contributed by atoms with Crippen molar-refractivity contribution in [3.63, 3.8) is 0 Å². The maximum Gasteiger partial charge on any atom is 0.358 e. The first-order valence-electron chi connectivity index (χ1n) is 13.3. The van der Waals surface area contributed by atoms with Crippen molar-refractivity contribution in [1.82, 2.24) is 4.98 Å². The number of ether oxygens (including phenoxy) is 2. The maximum absolute atomic E-state index is 14.9. The van der Waals surface area contributed by atoms with Crippen LogP contribution in [0, 0.1) is 6.92 Å². The van der Waals surface area contributed by atoms with Crippen LogP contribution in [0.25, 0.3) is 11.1 Å². The molecule has 0 bridgehead atoms. The van der Waals surface area contributed by atoms with Gasteiger partial charge in [0.25, 0.3) is 0 Å². The smallest absolute Gasteiger partial charge is 0.358 e. The third kappa shape index (κ3) is 7.21. The molecule has 0 amide bonds. The number of nitrogens with one attached hydrogen (secondary N) is 1. The summed E-state index contributed by atoms with van der Waals surface area (Å²) in [5, 5.41) is 3.46. The number of benzene rings is 2. The number of aryl methyl sites for hydroxylation is 1. The molecule has 0 spiro atoms. The van der Waals surface area contributed by atoms with Crippen molar-refractivity contribution in [2.45, 2.75) is 84.9 Å². The summed E-state index contributed by atoms with van der Waals surface area (Å²) >= 11 is 0. The van der Waals surface area contributed by atoms with Crippen LogP contribution < -0.4 is 14.8 Å². The first-order valence-corrected chi connectivity index (χ1v) is 14.9. The van der Waals surface area contributed by atoms with Gasteiger partial charge in [-0.3, -0.25) is 9.55 Å². The van der Waals surface area contributed by atoms with E-state index in [1.54, 1.807) is 6.20 Å². The second kappa shape index (κ2) is 10.6. The van der Waals surface area contributed by atoms with Crippen molar-refractivity contribution < 1.29 is 23.1 Å². The van der Waals surface area contributed by atoms with Crippen LogP contribution in [-0.4, -0.2) is 28.4 Å². The summed E-state index contributed by atoms with van der Waals surface area (Å²) in [5.41, 5.74) is 2.15. The van der Waals surface area contributed by atoms with E-state index >= 15 is 0 Å². The van der Waals surface area contributed by atoms with Gasteiger partial charge in [0.05, 0.1) is 22.5 Å². The molecule has 0 aliphatic carbocycles. The molecule has 1 N–H and O–H groups in total. The third-order valence-corrected chi connectivity index (χ3v) is 8.49. The number of hydrogen-bond acceptors (Lipinski definition) is 7. The number of pyridine rings is 1. The molecule has 0 radical (unpaired) electrons. The zero-order chi connectivity index (χ0) is 28.6. The molecule has 210 valence electrons. The fourth-order valence-electron chi connectivity index (χ4n) is 4.36. The van der Waals surface area contributed by atoms with E-state index < -0.39 is 30.2 Å². The highest BCUT2D eigenvalue weighted by Crippen LogP contribution is 2.66. The van der Waals surface area contributed by atoms with Crippen LogP contribution in [0.2, 0.25) is 0 Å². The molecule has 39 heavy (non-hydrogen) atoms. The van der Waals surface area contributed by atoms with Crippen molar-refractivity contribution in [3.8, 4) is 22.6 Å². The van der Waals surface area contributed by atoms with Crippen molar-refractivity contribution in [3.05, 3.63) is 72.1 Å². The highest BCUT2D eigenvalue weighted by molar-refractivity contribution is 7.54. The average molecular weight is 553 g/mol. The summed E-state index contributed by atoms with van der Waals surface area (Å²) in [5.74, 6) is 0.105. The summed E-state index contributed by atoms with van der Waals surface area (Å²) < 4.78 is 40.0. The van der Waals surface area contributed by atoms with Gasteiger partial charge in [0.2, 0.25) is 0 Å². The first kappa shape index (κ1) is 29.1. The number of nitrogens with zero attached hydrogens (tertiary/aromatic N) is 1. The lowest BCUT2D eigenvalue weighted by molar-refractivity contribution is 0.0187. The standard InChI is InChI=1S/C31H41N2O5P/c1-21-26-27(35-20-31(8,9)36-26)25(19-32-21)28(39(34,37-29(2,3)4)38-30(5,6)7)33-24-17-15-23(16-18-24)22-13-11-10-12-14-22/h10-19,28,33H,20H2,1-9H3. The van der Waals surface area contributed by atoms with E-state index in [1.807, 2.05) is 105 Å². The zero-order valence-corrected chi connectivity index (χ0v) is 25.4. The summed E-state index contributed by atoms with van der Waals surface area (Å²) in [7, 11) is -3.91. The van der Waals surface area contributed by atoms with E-state index in [0.717, 1.165) is 16.8 Å². The number of anilines is 1. The van der Waals surface area contributed by atoms with Gasteiger partial charge < -0.3 is 23.8 Å². The molecular formula is C31H41N2O5P. The fourth-order valence-corrected chi connectivity index (χ4v) is 6.96. The minimum atomic E-state index is -3.91. The van der Waals surface area contributed by atoms with E-state index in [2.05, 4.69) is 22.4 Å². The molecule has 1 aromatic heterocycles. The quantitative estimate of drug-likeness (QED) is 0.294. The summed E-state index contributed by atoms with van der Waals surface area (Å²) in [6.07, 6.45) is 1.68. The van der Waals surface area contributed by atoms with Gasteiger partial charge in [0.15, 0.2) is 17.3 Å². The van der Waals surface area contributed by atoms with Gasteiger partial charge in [-0.15, -0.1) is 0 Å². The predicted molar refractivity (Wildman–Crippen MR) is 157 cm³/mol. The Bertz CT molecular complexity index is 1320. The van der Waals surface area contributed by atoms with Crippen LogP contribution in [0.5, 0.6) is 11.5 Å². The summed E-state index contributed by atoms with van der Waals surface area (Å²) in [6.45, 7) is 17.3. The molecular weight excluding hydrogens is 511 g/mol. The molecule has 0 fully saturated rings. The second-order valence-electron chi connectivity index (χ2n) is 12.5. The summed E-state index contributed by atoms with van der Waals surface area (Å²) in [6, 6.07) is 18.1. The molecule has 1 aliphatic heterocycles. The first-order chi connectivity index (χ1) is 18.1. The average Bonchev–Trinajstić information content (AvgIpc) is 2.81. The van der Waals surface area contributed by atoms with Crippen LogP contribution in [0.4, 0.5) is 5.69 Å². The van der Waals surface area contributed by atoms with E-state index in [1.165, 1.54) is 0 Å². The molecule has 3 aromatic rings. The van der Waals surface area contributed by atoms with Crippen LogP contribution in [0.3, 0.4) is 0 Å². The predicted octanol–water partition coefficient (Wildman–Crippen LogP) is 8.54. The van der Waals surface area contributed by atoms with E-state index in [4.69, 9.17) is 18.5 Å². The molecule has 0 saturated heterocycles. The molecule has 2 heterocycles. The van der Waals surface area contributed by atoms with Gasteiger partial charge in [0.1, 0.15) is 12.2 Å². The maximum atomic E-state index is 14.9. The molecule has 2 aromatic carbocycles. The van der Waals surface area contributed by atoms with Crippen molar-refractivity contribution in [2.24, 2.45) is 0 Å². The molecule has 1 unspecified atom stereocenters. The van der Waals surface area contributed by atoms with Crippen LogP contribution in [0.15, 0.2) is 60.8 Å². The highest BCUT2D eigenvalue weighted by atomic mass is 31.2. The highest BCUT2D eigenvalue weighted by Gasteiger charge is 2.47. The molecule has 7 nitrogen and oxygen atoms in total. The molecule has 8 heteroatoms. The number of rotatable bonds is 7.